The summed E-state index contributed by atoms with van der Waals surface area (Å²) in [5.74, 6) is 0.998. The van der Waals surface area contributed by atoms with Crippen molar-refractivity contribution in [3.63, 3.8) is 0 Å². The van der Waals surface area contributed by atoms with Crippen molar-refractivity contribution in [2.24, 2.45) is 0 Å². The second kappa shape index (κ2) is 9.38. The second-order valence-electron chi connectivity index (χ2n) is 5.53. The predicted octanol–water partition coefficient (Wildman–Crippen LogP) is 3.71. The molecule has 2 aromatic heterocycles. The Morgan fingerprint density at radius 3 is 2.75 bits per heavy atom. The van der Waals surface area contributed by atoms with Gasteiger partial charge >= 0.3 is 6.01 Å². The Labute approximate surface area is 171 Å². The van der Waals surface area contributed by atoms with Crippen LogP contribution < -0.4 is 15.4 Å². The number of carbonyl (C=O) groups excluding carboxylic acids is 1. The van der Waals surface area contributed by atoms with Gasteiger partial charge in [0, 0.05) is 5.02 Å². The molecule has 0 saturated heterocycles. The Bertz CT molecular complexity index is 950. The normalized spacial score (nSPS) is 10.5. The molecule has 2 N–H and O–H groups in total. The average Bonchev–Trinajstić information content (AvgIpc) is 3.18. The van der Waals surface area contributed by atoms with Crippen molar-refractivity contribution >= 4 is 35.1 Å². The molecule has 0 aliphatic heterocycles. The van der Waals surface area contributed by atoms with Crippen molar-refractivity contribution in [2.45, 2.75) is 20.0 Å². The van der Waals surface area contributed by atoms with Crippen molar-refractivity contribution < 1.29 is 13.9 Å². The van der Waals surface area contributed by atoms with Crippen LogP contribution in [-0.2, 0) is 13.1 Å². The fraction of sp³-hybridized carbons (Fsp3) is 0.222. The molecule has 0 fully saturated rings. The Hall–Kier alpha value is -2.84. The van der Waals surface area contributed by atoms with Gasteiger partial charge in [-0.3, -0.25) is 4.79 Å². The van der Waals surface area contributed by atoms with Crippen LogP contribution in [0.25, 0.3) is 0 Å². The highest BCUT2D eigenvalue weighted by atomic mass is 35.5. The van der Waals surface area contributed by atoms with Crippen molar-refractivity contribution in [3.8, 4) is 6.01 Å². The van der Waals surface area contributed by atoms with Gasteiger partial charge in [-0.05, 0) is 37.3 Å². The fourth-order valence-electron chi connectivity index (χ4n) is 2.26. The van der Waals surface area contributed by atoms with Crippen molar-refractivity contribution in [2.75, 3.05) is 11.9 Å². The van der Waals surface area contributed by atoms with E-state index in [4.69, 9.17) is 32.4 Å². The van der Waals surface area contributed by atoms with E-state index in [9.17, 15) is 4.79 Å². The number of furan rings is 1. The molecule has 146 valence electrons. The minimum atomic E-state index is -0.370. The number of aromatic nitrogens is 3. The predicted molar refractivity (Wildman–Crippen MR) is 105 cm³/mol. The third-order valence-electron chi connectivity index (χ3n) is 3.52. The number of hydrogen-bond acceptors (Lipinski definition) is 7. The number of hydrogen-bond donors (Lipinski definition) is 2. The van der Waals surface area contributed by atoms with E-state index in [1.807, 2.05) is 13.0 Å². The molecule has 3 rings (SSSR count). The molecule has 3 aromatic rings. The lowest BCUT2D eigenvalue weighted by molar-refractivity contribution is 0.0949. The first-order valence-electron chi connectivity index (χ1n) is 8.42. The maximum atomic E-state index is 12.4. The molecule has 1 amide bonds. The fourth-order valence-corrected chi connectivity index (χ4v) is 2.75. The number of nitrogens with one attached hydrogen (secondary N) is 2. The first kappa shape index (κ1) is 19.9. The lowest BCUT2D eigenvalue weighted by atomic mass is 10.2. The molecule has 2 heterocycles. The van der Waals surface area contributed by atoms with E-state index in [0.717, 1.165) is 5.76 Å². The van der Waals surface area contributed by atoms with E-state index in [0.29, 0.717) is 35.5 Å². The molecule has 0 atom stereocenters. The van der Waals surface area contributed by atoms with Gasteiger partial charge in [-0.15, -0.1) is 0 Å². The summed E-state index contributed by atoms with van der Waals surface area (Å²) in [6.07, 6.45) is 1.58. The summed E-state index contributed by atoms with van der Waals surface area (Å²) >= 11 is 11.9. The first-order valence-corrected chi connectivity index (χ1v) is 9.18. The molecular formula is C18H17Cl2N5O3. The van der Waals surface area contributed by atoms with Crippen LogP contribution >= 0.6 is 23.2 Å². The van der Waals surface area contributed by atoms with E-state index in [1.54, 1.807) is 24.5 Å². The van der Waals surface area contributed by atoms with Gasteiger partial charge in [-0.25, -0.2) is 0 Å². The highest BCUT2D eigenvalue weighted by molar-refractivity contribution is 6.36. The molecule has 8 nitrogen and oxygen atoms in total. The number of halogens is 2. The SMILES string of the molecule is CCOc1nc(CNC(=O)c2ccc(Cl)cc2Cl)nc(NCc2ccco2)n1. The van der Waals surface area contributed by atoms with Gasteiger partial charge in [0.05, 0.1) is 36.5 Å². The summed E-state index contributed by atoms with van der Waals surface area (Å²) < 4.78 is 10.6. The minimum absolute atomic E-state index is 0.0653. The average molecular weight is 422 g/mol. The third kappa shape index (κ3) is 5.34. The van der Waals surface area contributed by atoms with E-state index < -0.39 is 0 Å². The van der Waals surface area contributed by atoms with Gasteiger partial charge in [-0.1, -0.05) is 23.2 Å². The standard InChI is InChI=1S/C18H17Cl2N5O3/c1-2-27-18-24-15(23-17(25-18)22-9-12-4-3-7-28-12)10-21-16(26)13-6-5-11(19)8-14(13)20/h3-8H,2,9-10H2,1H3,(H,21,26)(H,22,23,24,25). The van der Waals surface area contributed by atoms with Crippen LogP contribution in [0.2, 0.25) is 10.0 Å². The number of anilines is 1. The highest BCUT2D eigenvalue weighted by Gasteiger charge is 2.13. The molecule has 1 aromatic carbocycles. The monoisotopic (exact) mass is 421 g/mol. The number of benzene rings is 1. The number of nitrogens with zero attached hydrogens (tertiary/aromatic N) is 3. The van der Waals surface area contributed by atoms with Crippen LogP contribution in [0.4, 0.5) is 5.95 Å². The number of ether oxygens (including phenoxy) is 1. The molecule has 0 unspecified atom stereocenters. The molecule has 0 bridgehead atoms. The topological polar surface area (TPSA) is 102 Å². The van der Waals surface area contributed by atoms with Crippen LogP contribution in [0, 0.1) is 0 Å². The third-order valence-corrected chi connectivity index (χ3v) is 4.07. The van der Waals surface area contributed by atoms with Crippen LogP contribution in [0.15, 0.2) is 41.0 Å². The highest BCUT2D eigenvalue weighted by Crippen LogP contribution is 2.21. The number of rotatable bonds is 8. The Morgan fingerprint density at radius 1 is 1.18 bits per heavy atom. The smallest absolute Gasteiger partial charge is 0.321 e. The molecule has 28 heavy (non-hydrogen) atoms. The Morgan fingerprint density at radius 2 is 2.04 bits per heavy atom. The zero-order valence-electron chi connectivity index (χ0n) is 14.9. The summed E-state index contributed by atoms with van der Waals surface area (Å²) in [5, 5.41) is 6.47. The van der Waals surface area contributed by atoms with E-state index in [1.165, 1.54) is 6.07 Å². The maximum Gasteiger partial charge on any atom is 0.321 e. The van der Waals surface area contributed by atoms with Crippen molar-refractivity contribution in [3.05, 3.63) is 63.8 Å². The molecule has 0 saturated carbocycles. The lowest BCUT2D eigenvalue weighted by Gasteiger charge is -2.10. The molecule has 0 aliphatic carbocycles. The van der Waals surface area contributed by atoms with E-state index in [-0.39, 0.29) is 23.5 Å². The van der Waals surface area contributed by atoms with Gasteiger partial charge in [0.1, 0.15) is 5.76 Å². The van der Waals surface area contributed by atoms with Crippen LogP contribution in [0.3, 0.4) is 0 Å². The minimum Gasteiger partial charge on any atom is -0.467 e. The zero-order chi connectivity index (χ0) is 19.9. The van der Waals surface area contributed by atoms with Crippen molar-refractivity contribution in [1.29, 1.82) is 0 Å². The summed E-state index contributed by atoms with van der Waals surface area (Å²) in [4.78, 5) is 25.0. The molecule has 10 heteroatoms. The largest absolute Gasteiger partial charge is 0.467 e. The van der Waals surface area contributed by atoms with E-state index >= 15 is 0 Å². The van der Waals surface area contributed by atoms with Gasteiger partial charge in [-0.2, -0.15) is 15.0 Å². The van der Waals surface area contributed by atoms with Gasteiger partial charge < -0.3 is 19.8 Å². The van der Waals surface area contributed by atoms with E-state index in [2.05, 4.69) is 25.6 Å². The summed E-state index contributed by atoms with van der Waals surface area (Å²) in [5.41, 5.74) is 0.307. The quantitative estimate of drug-likeness (QED) is 0.571. The number of amides is 1. The molecule has 0 spiro atoms. The molecular weight excluding hydrogens is 405 g/mol. The Balaban J connectivity index is 1.70. The summed E-state index contributed by atoms with van der Waals surface area (Å²) in [7, 11) is 0. The summed E-state index contributed by atoms with van der Waals surface area (Å²) in [6.45, 7) is 2.68. The maximum absolute atomic E-state index is 12.4. The van der Waals surface area contributed by atoms with Gasteiger partial charge in [0.15, 0.2) is 5.82 Å². The van der Waals surface area contributed by atoms with Crippen LogP contribution in [-0.4, -0.2) is 27.5 Å². The van der Waals surface area contributed by atoms with Crippen molar-refractivity contribution in [1.82, 2.24) is 20.3 Å². The number of carbonyl (C=O) groups is 1. The first-order chi connectivity index (χ1) is 13.5. The molecule has 0 radical (unpaired) electrons. The second-order valence-corrected chi connectivity index (χ2v) is 6.37. The summed E-state index contributed by atoms with van der Waals surface area (Å²) in [6, 6.07) is 8.43. The Kier molecular flexibility index (Phi) is 6.67. The zero-order valence-corrected chi connectivity index (χ0v) is 16.4. The lowest BCUT2D eigenvalue weighted by Crippen LogP contribution is -2.25. The van der Waals surface area contributed by atoms with Crippen LogP contribution in [0.5, 0.6) is 6.01 Å². The molecule has 0 aliphatic rings. The van der Waals surface area contributed by atoms with Gasteiger partial charge in [0.25, 0.3) is 5.91 Å². The van der Waals surface area contributed by atoms with Gasteiger partial charge in [0.2, 0.25) is 5.95 Å². The van der Waals surface area contributed by atoms with Crippen LogP contribution in [0.1, 0.15) is 28.9 Å².